The highest BCUT2D eigenvalue weighted by molar-refractivity contribution is 6.30. The van der Waals surface area contributed by atoms with E-state index < -0.39 is 0 Å². The van der Waals surface area contributed by atoms with Crippen LogP contribution in [0.15, 0.2) is 48.7 Å². The lowest BCUT2D eigenvalue weighted by Gasteiger charge is -2.11. The van der Waals surface area contributed by atoms with E-state index in [4.69, 9.17) is 11.6 Å². The minimum atomic E-state index is -0.304. The molecule has 0 atom stereocenters. The number of nitrogens with one attached hydrogen (secondary N) is 2. The van der Waals surface area contributed by atoms with Crippen LogP contribution in [0.5, 0.6) is 0 Å². The molecule has 2 aromatic carbocycles. The minimum Gasteiger partial charge on any atom is -0.324 e. The Hall–Kier alpha value is -2.92. The molecule has 1 aromatic heterocycles. The first kappa shape index (κ1) is 17.9. The molecule has 0 aliphatic heterocycles. The van der Waals surface area contributed by atoms with Crippen LogP contribution in [0.2, 0.25) is 5.02 Å². The number of hydrogen-bond acceptors (Lipinski definition) is 4. The minimum absolute atomic E-state index is 0.280. The molecule has 0 bridgehead atoms. The van der Waals surface area contributed by atoms with Crippen LogP contribution in [0.3, 0.4) is 0 Å². The Morgan fingerprint density at radius 3 is 2.54 bits per heavy atom. The zero-order valence-electron chi connectivity index (χ0n) is 14.8. The van der Waals surface area contributed by atoms with Gasteiger partial charge in [0.05, 0.1) is 0 Å². The van der Waals surface area contributed by atoms with Crippen LogP contribution < -0.4 is 10.6 Å². The van der Waals surface area contributed by atoms with Crippen LogP contribution in [0, 0.1) is 20.8 Å². The normalized spacial score (nSPS) is 10.5. The fourth-order valence-corrected chi connectivity index (χ4v) is 2.72. The number of amides is 1. The van der Waals surface area contributed by atoms with Gasteiger partial charge in [-0.25, -0.2) is 9.97 Å². The number of carbonyl (C=O) groups excluding carboxylic acids is 1. The molecule has 0 saturated heterocycles. The molecular weight excluding hydrogens is 348 g/mol. The van der Waals surface area contributed by atoms with E-state index in [1.165, 1.54) is 0 Å². The van der Waals surface area contributed by atoms with E-state index in [0.29, 0.717) is 16.7 Å². The van der Waals surface area contributed by atoms with Gasteiger partial charge in [0.25, 0.3) is 5.91 Å². The third-order valence-electron chi connectivity index (χ3n) is 3.96. The van der Waals surface area contributed by atoms with Crippen molar-refractivity contribution in [2.45, 2.75) is 20.8 Å². The molecule has 1 amide bonds. The topological polar surface area (TPSA) is 66.9 Å². The number of rotatable bonds is 4. The Kier molecular flexibility index (Phi) is 5.19. The molecule has 0 saturated carbocycles. The molecular formula is C20H19ClN4O. The summed E-state index contributed by atoms with van der Waals surface area (Å²) in [6.07, 6.45) is 1.56. The van der Waals surface area contributed by atoms with Crippen molar-refractivity contribution in [3.63, 3.8) is 0 Å². The van der Waals surface area contributed by atoms with Crippen LogP contribution in [0.4, 0.5) is 17.3 Å². The molecule has 1 heterocycles. The van der Waals surface area contributed by atoms with Gasteiger partial charge in [-0.3, -0.25) is 4.79 Å². The van der Waals surface area contributed by atoms with Crippen molar-refractivity contribution in [3.8, 4) is 0 Å². The van der Waals surface area contributed by atoms with Gasteiger partial charge >= 0.3 is 0 Å². The molecule has 0 radical (unpaired) electrons. The smallest absolute Gasteiger partial charge is 0.274 e. The van der Waals surface area contributed by atoms with E-state index in [2.05, 4.69) is 20.6 Å². The average molecular weight is 367 g/mol. The molecule has 26 heavy (non-hydrogen) atoms. The van der Waals surface area contributed by atoms with Crippen LogP contribution in [-0.2, 0) is 0 Å². The van der Waals surface area contributed by atoms with Crippen molar-refractivity contribution in [2.24, 2.45) is 0 Å². The number of hydrogen-bond donors (Lipinski definition) is 2. The fourth-order valence-electron chi connectivity index (χ4n) is 2.49. The standard InChI is InChI=1S/C20H19ClN4O/c1-12-4-5-13(2)18(10-12)25-20-22-9-8-17(24-20)19(26)23-16-7-6-15(21)11-14(16)3/h4-11H,1-3H3,(H,23,26)(H,22,24,25). The molecule has 3 aromatic rings. The summed E-state index contributed by atoms with van der Waals surface area (Å²) in [7, 11) is 0. The number of halogens is 1. The van der Waals surface area contributed by atoms with Crippen LogP contribution in [0.1, 0.15) is 27.2 Å². The summed E-state index contributed by atoms with van der Waals surface area (Å²) < 4.78 is 0. The molecule has 6 heteroatoms. The van der Waals surface area contributed by atoms with Gasteiger partial charge in [0, 0.05) is 22.6 Å². The molecule has 0 aliphatic carbocycles. The molecule has 3 rings (SSSR count). The van der Waals surface area contributed by atoms with Gasteiger partial charge < -0.3 is 10.6 Å². The molecule has 0 fully saturated rings. The van der Waals surface area contributed by atoms with Gasteiger partial charge in [-0.05, 0) is 67.8 Å². The van der Waals surface area contributed by atoms with Crippen molar-refractivity contribution in [1.82, 2.24) is 9.97 Å². The molecule has 2 N–H and O–H groups in total. The van der Waals surface area contributed by atoms with Crippen molar-refractivity contribution < 1.29 is 4.79 Å². The second-order valence-electron chi connectivity index (χ2n) is 6.12. The highest BCUT2D eigenvalue weighted by atomic mass is 35.5. The van der Waals surface area contributed by atoms with Crippen LogP contribution in [0.25, 0.3) is 0 Å². The third-order valence-corrected chi connectivity index (χ3v) is 4.20. The molecule has 5 nitrogen and oxygen atoms in total. The lowest BCUT2D eigenvalue weighted by molar-refractivity contribution is 0.102. The zero-order valence-corrected chi connectivity index (χ0v) is 15.6. The molecule has 132 valence electrons. The van der Waals surface area contributed by atoms with Crippen LogP contribution >= 0.6 is 11.6 Å². The SMILES string of the molecule is Cc1ccc(C)c(Nc2nccc(C(=O)Nc3ccc(Cl)cc3C)n2)c1. The van der Waals surface area contributed by atoms with Crippen molar-refractivity contribution >= 4 is 34.8 Å². The maximum Gasteiger partial charge on any atom is 0.274 e. The van der Waals surface area contributed by atoms with Gasteiger partial charge in [-0.1, -0.05) is 23.7 Å². The van der Waals surface area contributed by atoms with Crippen molar-refractivity contribution in [2.75, 3.05) is 10.6 Å². The zero-order chi connectivity index (χ0) is 18.7. The van der Waals surface area contributed by atoms with E-state index in [0.717, 1.165) is 22.4 Å². The van der Waals surface area contributed by atoms with E-state index >= 15 is 0 Å². The Morgan fingerprint density at radius 1 is 0.962 bits per heavy atom. The summed E-state index contributed by atoms with van der Waals surface area (Å²) in [5, 5.41) is 6.65. The Bertz CT molecular complexity index is 972. The van der Waals surface area contributed by atoms with E-state index in [-0.39, 0.29) is 11.6 Å². The predicted molar refractivity (Wildman–Crippen MR) is 105 cm³/mol. The van der Waals surface area contributed by atoms with Gasteiger partial charge in [0.15, 0.2) is 0 Å². The molecule has 0 spiro atoms. The largest absolute Gasteiger partial charge is 0.324 e. The predicted octanol–water partition coefficient (Wildman–Crippen LogP) is 5.05. The third kappa shape index (κ3) is 4.18. The summed E-state index contributed by atoms with van der Waals surface area (Å²) in [6, 6.07) is 13.0. The first-order valence-corrected chi connectivity index (χ1v) is 8.55. The van der Waals surface area contributed by atoms with Gasteiger partial charge in [0.2, 0.25) is 5.95 Å². The average Bonchev–Trinajstić information content (AvgIpc) is 2.61. The first-order chi connectivity index (χ1) is 12.4. The lowest BCUT2D eigenvalue weighted by atomic mass is 10.1. The summed E-state index contributed by atoms with van der Waals surface area (Å²) in [5.41, 5.74) is 4.98. The van der Waals surface area contributed by atoms with Crippen molar-refractivity contribution in [3.05, 3.63) is 76.1 Å². The van der Waals surface area contributed by atoms with E-state index in [1.54, 1.807) is 30.5 Å². The number of nitrogens with zero attached hydrogens (tertiary/aromatic N) is 2. The second kappa shape index (κ2) is 7.54. The quantitative estimate of drug-likeness (QED) is 0.678. The number of benzene rings is 2. The number of aromatic nitrogens is 2. The van der Waals surface area contributed by atoms with Gasteiger partial charge in [-0.2, -0.15) is 0 Å². The summed E-state index contributed by atoms with van der Waals surface area (Å²) in [5.74, 6) is 0.0704. The van der Waals surface area contributed by atoms with Gasteiger partial charge in [-0.15, -0.1) is 0 Å². The van der Waals surface area contributed by atoms with Crippen molar-refractivity contribution in [1.29, 1.82) is 0 Å². The summed E-state index contributed by atoms with van der Waals surface area (Å²) >= 11 is 5.95. The Balaban J connectivity index is 1.80. The molecule has 0 aliphatic rings. The maximum atomic E-state index is 12.5. The Labute approximate surface area is 157 Å². The highest BCUT2D eigenvalue weighted by Gasteiger charge is 2.11. The number of anilines is 3. The van der Waals surface area contributed by atoms with Crippen LogP contribution in [-0.4, -0.2) is 15.9 Å². The maximum absolute atomic E-state index is 12.5. The second-order valence-corrected chi connectivity index (χ2v) is 6.56. The monoisotopic (exact) mass is 366 g/mol. The Morgan fingerprint density at radius 2 is 1.77 bits per heavy atom. The molecule has 0 unspecified atom stereocenters. The fraction of sp³-hybridized carbons (Fsp3) is 0.150. The number of carbonyl (C=O) groups is 1. The summed E-state index contributed by atoms with van der Waals surface area (Å²) in [6.45, 7) is 5.90. The lowest BCUT2D eigenvalue weighted by Crippen LogP contribution is -2.15. The number of aryl methyl sites for hydroxylation is 3. The van der Waals surface area contributed by atoms with E-state index in [1.807, 2.05) is 39.0 Å². The van der Waals surface area contributed by atoms with E-state index in [9.17, 15) is 4.79 Å². The highest BCUT2D eigenvalue weighted by Crippen LogP contribution is 2.21. The van der Waals surface area contributed by atoms with Gasteiger partial charge in [0.1, 0.15) is 5.69 Å². The summed E-state index contributed by atoms with van der Waals surface area (Å²) in [4.78, 5) is 21.0. The first-order valence-electron chi connectivity index (χ1n) is 8.17.